The molecule has 2 amide bonds. The zero-order chi connectivity index (χ0) is 17.1. The third-order valence-electron chi connectivity index (χ3n) is 3.72. The summed E-state index contributed by atoms with van der Waals surface area (Å²) in [4.78, 5) is 31.0. The van der Waals surface area contributed by atoms with Gasteiger partial charge in [0.15, 0.2) is 5.13 Å². The van der Waals surface area contributed by atoms with Crippen molar-refractivity contribution in [3.05, 3.63) is 40.4 Å². The maximum atomic E-state index is 12.3. The van der Waals surface area contributed by atoms with Gasteiger partial charge in [-0.15, -0.1) is 0 Å². The second kappa shape index (κ2) is 6.88. The van der Waals surface area contributed by atoms with Gasteiger partial charge in [0.1, 0.15) is 5.75 Å². The van der Waals surface area contributed by atoms with Crippen molar-refractivity contribution in [2.75, 3.05) is 26.1 Å². The van der Waals surface area contributed by atoms with Crippen molar-refractivity contribution >= 4 is 28.5 Å². The molecule has 0 spiro atoms. The standard InChI is InChI=1S/C16H17N3O4S/c1-22-11-5-3-4-10(8-11)14(20)18-15-17-12-6-7-19(16(21)23-2)9-13(12)24-15/h3-5,8H,6-7,9H2,1-2H3,(H,17,18,20). The Labute approximate surface area is 143 Å². The second-order valence-corrected chi connectivity index (χ2v) is 6.30. The van der Waals surface area contributed by atoms with Gasteiger partial charge in [0.25, 0.3) is 5.91 Å². The van der Waals surface area contributed by atoms with Crippen LogP contribution in [-0.4, -0.2) is 42.6 Å². The topological polar surface area (TPSA) is 80.8 Å². The van der Waals surface area contributed by atoms with E-state index in [4.69, 9.17) is 9.47 Å². The first-order valence-electron chi connectivity index (χ1n) is 7.37. The van der Waals surface area contributed by atoms with E-state index in [9.17, 15) is 9.59 Å². The maximum absolute atomic E-state index is 12.3. The van der Waals surface area contributed by atoms with Crippen LogP contribution < -0.4 is 10.1 Å². The molecule has 1 aliphatic rings. The number of fused-ring (bicyclic) bond motifs is 1. The summed E-state index contributed by atoms with van der Waals surface area (Å²) in [6.45, 7) is 1.02. The molecule has 0 saturated heterocycles. The molecule has 1 N–H and O–H groups in total. The number of carbonyl (C=O) groups excluding carboxylic acids is 2. The van der Waals surface area contributed by atoms with Crippen LogP contribution in [0.5, 0.6) is 5.75 Å². The highest BCUT2D eigenvalue weighted by molar-refractivity contribution is 7.15. The quantitative estimate of drug-likeness (QED) is 0.923. The Morgan fingerprint density at radius 3 is 2.92 bits per heavy atom. The SMILES string of the molecule is COC(=O)N1CCc2nc(NC(=O)c3cccc(OC)c3)sc2C1. The molecular weight excluding hydrogens is 330 g/mol. The van der Waals surface area contributed by atoms with Crippen LogP contribution in [0.4, 0.5) is 9.93 Å². The van der Waals surface area contributed by atoms with Crippen molar-refractivity contribution in [1.82, 2.24) is 9.88 Å². The Balaban J connectivity index is 1.72. The normalized spacial score (nSPS) is 13.2. The Bertz CT molecular complexity index is 774. The van der Waals surface area contributed by atoms with Crippen LogP contribution in [0.25, 0.3) is 0 Å². The van der Waals surface area contributed by atoms with E-state index >= 15 is 0 Å². The van der Waals surface area contributed by atoms with Crippen LogP contribution in [-0.2, 0) is 17.7 Å². The van der Waals surface area contributed by atoms with Gasteiger partial charge in [0.2, 0.25) is 0 Å². The lowest BCUT2D eigenvalue weighted by atomic mass is 10.2. The lowest BCUT2D eigenvalue weighted by molar-refractivity contribution is 0.102. The first kappa shape index (κ1) is 16.3. The number of hydrogen-bond donors (Lipinski definition) is 1. The number of nitrogens with zero attached hydrogens (tertiary/aromatic N) is 2. The van der Waals surface area contributed by atoms with Crippen LogP contribution in [0.3, 0.4) is 0 Å². The molecule has 1 aromatic heterocycles. The van der Waals surface area contributed by atoms with Gasteiger partial charge in [0.05, 0.1) is 26.5 Å². The Morgan fingerprint density at radius 2 is 2.17 bits per heavy atom. The molecule has 126 valence electrons. The first-order chi connectivity index (χ1) is 11.6. The summed E-state index contributed by atoms with van der Waals surface area (Å²) in [6.07, 6.45) is 0.298. The van der Waals surface area contributed by atoms with Gasteiger partial charge >= 0.3 is 6.09 Å². The number of amides is 2. The molecule has 1 aliphatic heterocycles. The number of ether oxygens (including phenoxy) is 2. The number of benzene rings is 1. The summed E-state index contributed by atoms with van der Waals surface area (Å²) in [5.74, 6) is 0.375. The predicted molar refractivity (Wildman–Crippen MR) is 89.6 cm³/mol. The van der Waals surface area contributed by atoms with Crippen LogP contribution in [0.2, 0.25) is 0 Å². The molecule has 0 aliphatic carbocycles. The summed E-state index contributed by atoms with van der Waals surface area (Å²) in [5, 5.41) is 3.33. The van der Waals surface area contributed by atoms with E-state index in [1.54, 1.807) is 36.3 Å². The number of thiazole rings is 1. The molecule has 0 fully saturated rings. The van der Waals surface area contributed by atoms with E-state index in [1.807, 2.05) is 0 Å². The van der Waals surface area contributed by atoms with Gasteiger partial charge in [0, 0.05) is 23.4 Å². The molecule has 0 unspecified atom stereocenters. The van der Waals surface area contributed by atoms with Crippen molar-refractivity contribution < 1.29 is 19.1 Å². The molecule has 1 aromatic carbocycles. The minimum absolute atomic E-state index is 0.246. The first-order valence-corrected chi connectivity index (χ1v) is 8.19. The van der Waals surface area contributed by atoms with Crippen LogP contribution in [0, 0.1) is 0 Å². The monoisotopic (exact) mass is 347 g/mol. The molecule has 0 saturated carbocycles. The van der Waals surface area contributed by atoms with Gasteiger partial charge in [-0.2, -0.15) is 0 Å². The molecule has 8 heteroatoms. The molecule has 2 aromatic rings. The summed E-state index contributed by atoms with van der Waals surface area (Å²) in [7, 11) is 2.92. The number of nitrogens with one attached hydrogen (secondary N) is 1. The number of hydrogen-bond acceptors (Lipinski definition) is 6. The number of carbonyl (C=O) groups is 2. The van der Waals surface area contributed by atoms with E-state index < -0.39 is 0 Å². The van der Waals surface area contributed by atoms with Gasteiger partial charge in [-0.05, 0) is 18.2 Å². The van der Waals surface area contributed by atoms with Gasteiger partial charge in [-0.1, -0.05) is 17.4 Å². The van der Waals surface area contributed by atoms with E-state index in [0.717, 1.165) is 10.6 Å². The zero-order valence-electron chi connectivity index (χ0n) is 13.4. The highest BCUT2D eigenvalue weighted by Crippen LogP contribution is 2.29. The average molecular weight is 347 g/mol. The Kier molecular flexibility index (Phi) is 4.66. The molecule has 24 heavy (non-hydrogen) atoms. The molecular formula is C16H17N3O4S. The zero-order valence-corrected chi connectivity index (χ0v) is 14.2. The number of methoxy groups -OCH3 is 2. The molecule has 7 nitrogen and oxygen atoms in total. The maximum Gasteiger partial charge on any atom is 0.409 e. The van der Waals surface area contributed by atoms with Gasteiger partial charge < -0.3 is 14.4 Å². The summed E-state index contributed by atoms with van der Waals surface area (Å²) in [6, 6.07) is 6.92. The molecule has 0 radical (unpaired) electrons. The smallest absolute Gasteiger partial charge is 0.409 e. The van der Waals surface area contributed by atoms with E-state index in [1.165, 1.54) is 18.4 Å². The lowest BCUT2D eigenvalue weighted by Gasteiger charge is -2.24. The molecule has 2 heterocycles. The highest BCUT2D eigenvalue weighted by Gasteiger charge is 2.25. The largest absolute Gasteiger partial charge is 0.497 e. The fourth-order valence-electron chi connectivity index (χ4n) is 2.47. The average Bonchev–Trinajstić information content (AvgIpc) is 3.02. The van der Waals surface area contributed by atoms with E-state index in [0.29, 0.717) is 36.0 Å². The van der Waals surface area contributed by atoms with Crippen LogP contribution in [0.1, 0.15) is 20.9 Å². The lowest BCUT2D eigenvalue weighted by Crippen LogP contribution is -2.35. The van der Waals surface area contributed by atoms with E-state index in [-0.39, 0.29) is 12.0 Å². The summed E-state index contributed by atoms with van der Waals surface area (Å²) < 4.78 is 9.87. The Morgan fingerprint density at radius 1 is 1.33 bits per heavy atom. The van der Waals surface area contributed by atoms with Crippen LogP contribution in [0.15, 0.2) is 24.3 Å². The fourth-order valence-corrected chi connectivity index (χ4v) is 3.49. The minimum Gasteiger partial charge on any atom is -0.497 e. The highest BCUT2D eigenvalue weighted by atomic mass is 32.1. The minimum atomic E-state index is -0.351. The van der Waals surface area contributed by atoms with Gasteiger partial charge in [-0.3, -0.25) is 10.1 Å². The Hall–Kier alpha value is -2.61. The number of rotatable bonds is 3. The van der Waals surface area contributed by atoms with Crippen molar-refractivity contribution in [2.24, 2.45) is 0 Å². The molecule has 0 atom stereocenters. The van der Waals surface area contributed by atoms with Crippen LogP contribution >= 0.6 is 11.3 Å². The summed E-state index contributed by atoms with van der Waals surface area (Å²) in [5.41, 5.74) is 1.42. The predicted octanol–water partition coefficient (Wildman–Crippen LogP) is 2.53. The third-order valence-corrected chi connectivity index (χ3v) is 4.71. The molecule has 0 bridgehead atoms. The fraction of sp³-hybridized carbons (Fsp3) is 0.312. The second-order valence-electron chi connectivity index (χ2n) is 5.22. The van der Waals surface area contributed by atoms with Crippen molar-refractivity contribution in [3.8, 4) is 5.75 Å². The van der Waals surface area contributed by atoms with Crippen molar-refractivity contribution in [2.45, 2.75) is 13.0 Å². The number of anilines is 1. The van der Waals surface area contributed by atoms with Crippen molar-refractivity contribution in [1.29, 1.82) is 0 Å². The van der Waals surface area contributed by atoms with E-state index in [2.05, 4.69) is 10.3 Å². The molecule has 3 rings (SSSR count). The van der Waals surface area contributed by atoms with Crippen molar-refractivity contribution in [3.63, 3.8) is 0 Å². The number of aromatic nitrogens is 1. The summed E-state index contributed by atoms with van der Waals surface area (Å²) >= 11 is 1.38. The third kappa shape index (κ3) is 3.33. The van der Waals surface area contributed by atoms with Gasteiger partial charge in [-0.25, -0.2) is 9.78 Å².